The number of benzene rings is 3. The first-order chi connectivity index (χ1) is 15.1. The van der Waals surface area contributed by atoms with E-state index in [1.54, 1.807) is 12.1 Å². The fourth-order valence-electron chi connectivity index (χ4n) is 3.68. The molecular formula is C25H27ClN2O3S. The van der Waals surface area contributed by atoms with Crippen LogP contribution >= 0.6 is 11.6 Å². The van der Waals surface area contributed by atoms with Gasteiger partial charge in [-0.15, -0.1) is 0 Å². The molecule has 0 heterocycles. The first-order valence-electron chi connectivity index (χ1n) is 10.3. The molecule has 32 heavy (non-hydrogen) atoms. The van der Waals surface area contributed by atoms with E-state index in [0.717, 1.165) is 26.6 Å². The van der Waals surface area contributed by atoms with Crippen molar-refractivity contribution in [1.29, 1.82) is 0 Å². The van der Waals surface area contributed by atoms with Gasteiger partial charge in [0.25, 0.3) is 10.0 Å². The van der Waals surface area contributed by atoms with Gasteiger partial charge in [0, 0.05) is 5.02 Å². The van der Waals surface area contributed by atoms with Crippen LogP contribution in [-0.4, -0.2) is 20.9 Å². The third-order valence-electron chi connectivity index (χ3n) is 5.34. The first-order valence-corrected chi connectivity index (χ1v) is 12.1. The molecule has 0 bridgehead atoms. The lowest BCUT2D eigenvalue weighted by Crippen LogP contribution is -2.42. The molecule has 0 aliphatic heterocycles. The van der Waals surface area contributed by atoms with Crippen LogP contribution in [0.25, 0.3) is 0 Å². The molecule has 0 aromatic heterocycles. The molecular weight excluding hydrogens is 444 g/mol. The van der Waals surface area contributed by atoms with Crippen molar-refractivity contribution < 1.29 is 13.2 Å². The van der Waals surface area contributed by atoms with Crippen LogP contribution in [0.5, 0.6) is 0 Å². The Morgan fingerprint density at radius 2 is 1.62 bits per heavy atom. The molecule has 3 aromatic rings. The minimum absolute atomic E-state index is 0.0698. The number of nitrogens with zero attached hydrogens (tertiary/aromatic N) is 1. The summed E-state index contributed by atoms with van der Waals surface area (Å²) in [5, 5.41) is 3.38. The lowest BCUT2D eigenvalue weighted by Gasteiger charge is -2.26. The van der Waals surface area contributed by atoms with E-state index in [1.165, 1.54) is 24.3 Å². The Hall–Kier alpha value is -2.83. The normalized spacial score (nSPS) is 12.3. The fourth-order valence-corrected chi connectivity index (χ4v) is 5.29. The number of carbonyl (C=O) groups is 1. The zero-order chi connectivity index (χ0) is 23.5. The maximum atomic E-state index is 13.5. The number of nitrogens with one attached hydrogen (secondary N) is 1. The van der Waals surface area contributed by atoms with E-state index in [4.69, 9.17) is 11.6 Å². The zero-order valence-electron chi connectivity index (χ0n) is 18.6. The molecule has 1 atom stereocenters. The summed E-state index contributed by atoms with van der Waals surface area (Å²) in [4.78, 5) is 13.1. The van der Waals surface area contributed by atoms with Crippen molar-refractivity contribution >= 4 is 33.2 Å². The van der Waals surface area contributed by atoms with E-state index in [1.807, 2.05) is 52.0 Å². The molecule has 0 unspecified atom stereocenters. The largest absolute Gasteiger partial charge is 0.348 e. The van der Waals surface area contributed by atoms with Crippen molar-refractivity contribution in [3.63, 3.8) is 0 Å². The molecule has 0 spiro atoms. The molecule has 5 nitrogen and oxygen atoms in total. The van der Waals surface area contributed by atoms with Gasteiger partial charge in [-0.3, -0.25) is 9.10 Å². The van der Waals surface area contributed by atoms with Crippen LogP contribution in [0, 0.1) is 20.8 Å². The van der Waals surface area contributed by atoms with Gasteiger partial charge in [0.2, 0.25) is 5.91 Å². The number of amides is 1. The minimum Gasteiger partial charge on any atom is -0.348 e. The van der Waals surface area contributed by atoms with E-state index in [9.17, 15) is 13.2 Å². The third-order valence-corrected chi connectivity index (χ3v) is 7.37. The molecule has 3 rings (SSSR count). The average molecular weight is 471 g/mol. The van der Waals surface area contributed by atoms with E-state index in [0.29, 0.717) is 10.7 Å². The van der Waals surface area contributed by atoms with Gasteiger partial charge >= 0.3 is 0 Å². The van der Waals surface area contributed by atoms with E-state index >= 15 is 0 Å². The highest BCUT2D eigenvalue weighted by atomic mass is 35.5. The molecule has 0 aliphatic carbocycles. The maximum absolute atomic E-state index is 13.5. The number of rotatable bonds is 7. The van der Waals surface area contributed by atoms with Gasteiger partial charge in [0.1, 0.15) is 6.54 Å². The van der Waals surface area contributed by atoms with Crippen molar-refractivity contribution in [2.75, 3.05) is 10.8 Å². The van der Waals surface area contributed by atoms with Gasteiger partial charge in [-0.2, -0.15) is 0 Å². The van der Waals surface area contributed by atoms with Crippen LogP contribution in [-0.2, 0) is 14.8 Å². The molecule has 7 heteroatoms. The highest BCUT2D eigenvalue weighted by Gasteiger charge is 2.28. The molecule has 0 fully saturated rings. The maximum Gasteiger partial charge on any atom is 0.264 e. The number of hydrogen-bond donors (Lipinski definition) is 1. The molecule has 0 saturated heterocycles. The lowest BCUT2D eigenvalue weighted by molar-refractivity contribution is -0.120. The van der Waals surface area contributed by atoms with Gasteiger partial charge in [0.05, 0.1) is 16.6 Å². The van der Waals surface area contributed by atoms with Crippen LogP contribution in [0.15, 0.2) is 71.6 Å². The summed E-state index contributed by atoms with van der Waals surface area (Å²) in [7, 11) is -3.99. The number of para-hydroxylation sites is 1. The standard InChI is InChI=1S/C25H27ClN2O3S/c1-17-9-14-23(19(3)15-17)20(4)27-25(29)16-28(24-8-6-5-7-18(24)2)32(30,31)22-12-10-21(26)11-13-22/h5-15,20H,16H2,1-4H3,(H,27,29)/t20-/m0/s1. The van der Waals surface area contributed by atoms with Crippen molar-refractivity contribution in [3.05, 3.63) is 94.0 Å². The van der Waals surface area contributed by atoms with Crippen LogP contribution in [0.4, 0.5) is 5.69 Å². The summed E-state index contributed by atoms with van der Waals surface area (Å²) in [5.41, 5.74) is 4.41. The Bertz CT molecular complexity index is 1220. The molecule has 0 radical (unpaired) electrons. The third kappa shape index (κ3) is 5.31. The Kier molecular flexibility index (Phi) is 7.26. The SMILES string of the molecule is Cc1ccc([C@H](C)NC(=O)CN(c2ccccc2C)S(=O)(=O)c2ccc(Cl)cc2)c(C)c1. The monoisotopic (exact) mass is 470 g/mol. The Labute approximate surface area is 195 Å². The van der Waals surface area contributed by atoms with Gasteiger partial charge in [0.15, 0.2) is 0 Å². The fraction of sp³-hybridized carbons (Fsp3) is 0.240. The second-order valence-electron chi connectivity index (χ2n) is 7.90. The summed E-state index contributed by atoms with van der Waals surface area (Å²) in [5.74, 6) is -0.390. The number of anilines is 1. The van der Waals surface area contributed by atoms with Gasteiger partial charge in [-0.25, -0.2) is 8.42 Å². The van der Waals surface area contributed by atoms with Crippen LogP contribution in [0.1, 0.15) is 35.2 Å². The van der Waals surface area contributed by atoms with E-state index in [2.05, 4.69) is 11.4 Å². The summed E-state index contributed by atoms with van der Waals surface area (Å²) in [6.45, 7) is 7.37. The number of halogens is 1. The van der Waals surface area contributed by atoms with Crippen LogP contribution < -0.4 is 9.62 Å². The predicted octanol–water partition coefficient (Wildman–Crippen LogP) is 5.34. The quantitative estimate of drug-likeness (QED) is 0.507. The first kappa shape index (κ1) is 23.8. The summed E-state index contributed by atoms with van der Waals surface area (Å²) >= 11 is 5.93. The Morgan fingerprint density at radius 1 is 0.969 bits per heavy atom. The van der Waals surface area contributed by atoms with Crippen LogP contribution in [0.2, 0.25) is 5.02 Å². The molecule has 1 amide bonds. The van der Waals surface area contributed by atoms with E-state index in [-0.39, 0.29) is 17.5 Å². The number of carbonyl (C=O) groups excluding carboxylic acids is 1. The minimum atomic E-state index is -3.99. The van der Waals surface area contributed by atoms with Gasteiger partial charge in [-0.1, -0.05) is 53.6 Å². The molecule has 168 valence electrons. The van der Waals surface area contributed by atoms with Crippen LogP contribution in [0.3, 0.4) is 0 Å². The Balaban J connectivity index is 1.91. The second-order valence-corrected chi connectivity index (χ2v) is 10.2. The highest BCUT2D eigenvalue weighted by molar-refractivity contribution is 7.92. The van der Waals surface area contributed by atoms with Gasteiger partial charge in [-0.05, 0) is 74.7 Å². The predicted molar refractivity (Wildman–Crippen MR) is 130 cm³/mol. The van der Waals surface area contributed by atoms with Crippen molar-refractivity contribution in [3.8, 4) is 0 Å². The lowest BCUT2D eigenvalue weighted by atomic mass is 10.0. The van der Waals surface area contributed by atoms with Crippen molar-refractivity contribution in [2.24, 2.45) is 0 Å². The zero-order valence-corrected chi connectivity index (χ0v) is 20.2. The smallest absolute Gasteiger partial charge is 0.264 e. The summed E-state index contributed by atoms with van der Waals surface area (Å²) in [6.07, 6.45) is 0. The van der Waals surface area contributed by atoms with E-state index < -0.39 is 15.9 Å². The molecule has 1 N–H and O–H groups in total. The highest BCUT2D eigenvalue weighted by Crippen LogP contribution is 2.27. The summed E-state index contributed by atoms with van der Waals surface area (Å²) in [6, 6.07) is 18.8. The summed E-state index contributed by atoms with van der Waals surface area (Å²) < 4.78 is 28.1. The van der Waals surface area contributed by atoms with Crippen molar-refractivity contribution in [2.45, 2.75) is 38.6 Å². The Morgan fingerprint density at radius 3 is 2.25 bits per heavy atom. The number of hydrogen-bond acceptors (Lipinski definition) is 3. The average Bonchev–Trinajstić information content (AvgIpc) is 2.72. The number of sulfonamides is 1. The molecule has 0 aliphatic rings. The van der Waals surface area contributed by atoms with Crippen molar-refractivity contribution in [1.82, 2.24) is 5.32 Å². The number of aryl methyl sites for hydroxylation is 3. The molecule has 3 aromatic carbocycles. The second kappa shape index (κ2) is 9.76. The topological polar surface area (TPSA) is 66.5 Å². The van der Waals surface area contributed by atoms with Gasteiger partial charge < -0.3 is 5.32 Å². The molecule has 0 saturated carbocycles.